The number of carbonyl (C=O) groups excluding carboxylic acids is 1. The molecule has 1 fully saturated rings. The molecular formula is C23H24ClN3O2S. The van der Waals surface area contributed by atoms with E-state index in [1.54, 1.807) is 11.8 Å². The van der Waals surface area contributed by atoms with Crippen LogP contribution in [0.2, 0.25) is 5.02 Å². The number of carbonyl (C=O) groups is 1. The molecule has 1 aliphatic carbocycles. The summed E-state index contributed by atoms with van der Waals surface area (Å²) in [5.74, 6) is 1.12. The van der Waals surface area contributed by atoms with Crippen LogP contribution in [0, 0.1) is 0 Å². The van der Waals surface area contributed by atoms with Crippen LogP contribution in [-0.2, 0) is 23.2 Å². The summed E-state index contributed by atoms with van der Waals surface area (Å²) in [5, 5.41) is 12.2. The van der Waals surface area contributed by atoms with E-state index in [1.165, 1.54) is 4.90 Å². The third-order valence-electron chi connectivity index (χ3n) is 5.67. The number of rotatable bonds is 8. The molecule has 7 heteroatoms. The quantitative estimate of drug-likeness (QED) is 0.489. The normalized spacial score (nSPS) is 14.9. The fourth-order valence-electron chi connectivity index (χ4n) is 3.77. The van der Waals surface area contributed by atoms with Gasteiger partial charge in [-0.2, -0.15) is 0 Å². The first-order chi connectivity index (χ1) is 14.6. The van der Waals surface area contributed by atoms with E-state index in [2.05, 4.69) is 27.6 Å². The van der Waals surface area contributed by atoms with E-state index in [0.29, 0.717) is 36.2 Å². The molecule has 1 aromatic heterocycles. The number of nitrogens with zero attached hydrogens (tertiary/aromatic N) is 2. The molecule has 30 heavy (non-hydrogen) atoms. The highest BCUT2D eigenvalue weighted by molar-refractivity contribution is 7.98. The minimum atomic E-state index is -0.222. The summed E-state index contributed by atoms with van der Waals surface area (Å²) in [6.07, 6.45) is 5.87. The molecule has 1 amide bonds. The second kappa shape index (κ2) is 9.23. The van der Waals surface area contributed by atoms with E-state index in [0.717, 1.165) is 30.4 Å². The van der Waals surface area contributed by atoms with E-state index in [4.69, 9.17) is 16.0 Å². The molecule has 156 valence electrons. The molecule has 1 aliphatic rings. The van der Waals surface area contributed by atoms with Crippen LogP contribution in [0.3, 0.4) is 0 Å². The molecule has 0 saturated heterocycles. The molecular weight excluding hydrogens is 418 g/mol. The highest BCUT2D eigenvalue weighted by Crippen LogP contribution is 2.48. The zero-order chi connectivity index (χ0) is 21.0. The Bertz CT molecular complexity index is 1020. The number of nitrogens with one attached hydrogen (secondary N) is 1. The summed E-state index contributed by atoms with van der Waals surface area (Å²) in [7, 11) is 0. The van der Waals surface area contributed by atoms with Crippen molar-refractivity contribution in [3.8, 4) is 0 Å². The molecule has 0 radical (unpaired) electrons. The van der Waals surface area contributed by atoms with Gasteiger partial charge in [-0.05, 0) is 54.5 Å². The Balaban J connectivity index is 1.34. The Morgan fingerprint density at radius 3 is 2.70 bits per heavy atom. The van der Waals surface area contributed by atoms with E-state index in [1.807, 2.05) is 42.7 Å². The van der Waals surface area contributed by atoms with Crippen molar-refractivity contribution in [3.63, 3.8) is 0 Å². The fraction of sp³-hybridized carbons (Fsp3) is 0.348. The zero-order valence-corrected chi connectivity index (χ0v) is 18.4. The Labute approximate surface area is 185 Å². The molecule has 0 unspecified atom stereocenters. The van der Waals surface area contributed by atoms with Crippen molar-refractivity contribution in [1.82, 2.24) is 15.5 Å². The van der Waals surface area contributed by atoms with Gasteiger partial charge in [0.25, 0.3) is 0 Å². The molecule has 1 heterocycles. The van der Waals surface area contributed by atoms with Gasteiger partial charge < -0.3 is 9.73 Å². The van der Waals surface area contributed by atoms with Gasteiger partial charge in [-0.3, -0.25) is 4.79 Å². The topological polar surface area (TPSA) is 68.0 Å². The first kappa shape index (κ1) is 20.9. The predicted molar refractivity (Wildman–Crippen MR) is 119 cm³/mol. The molecule has 0 spiro atoms. The van der Waals surface area contributed by atoms with Crippen LogP contribution >= 0.6 is 23.4 Å². The van der Waals surface area contributed by atoms with Gasteiger partial charge in [-0.15, -0.1) is 22.0 Å². The fourth-order valence-corrected chi connectivity index (χ4v) is 4.38. The largest absolute Gasteiger partial charge is 0.424 e. The van der Waals surface area contributed by atoms with Crippen LogP contribution in [0.4, 0.5) is 0 Å². The molecule has 0 atom stereocenters. The van der Waals surface area contributed by atoms with Crippen LogP contribution in [0.1, 0.15) is 48.6 Å². The summed E-state index contributed by atoms with van der Waals surface area (Å²) < 4.78 is 5.98. The number of aryl methyl sites for hydroxylation is 1. The number of thioether (sulfide) groups is 1. The van der Waals surface area contributed by atoms with Crippen molar-refractivity contribution in [2.75, 3.05) is 6.26 Å². The Morgan fingerprint density at radius 2 is 2.00 bits per heavy atom. The molecule has 5 nitrogen and oxygen atoms in total. The number of benzene rings is 2. The number of aromatic nitrogens is 2. The average molecular weight is 442 g/mol. The summed E-state index contributed by atoms with van der Waals surface area (Å²) in [5.41, 5.74) is 2.02. The minimum absolute atomic E-state index is 0.0274. The first-order valence-electron chi connectivity index (χ1n) is 10.1. The molecule has 0 bridgehead atoms. The number of hydrogen-bond donors (Lipinski definition) is 1. The number of halogens is 1. The summed E-state index contributed by atoms with van der Waals surface area (Å²) in [6, 6.07) is 16.0. The summed E-state index contributed by atoms with van der Waals surface area (Å²) >= 11 is 7.72. The highest BCUT2D eigenvalue weighted by Gasteiger charge is 2.45. The number of amides is 1. The van der Waals surface area contributed by atoms with Gasteiger partial charge in [0.15, 0.2) is 0 Å². The van der Waals surface area contributed by atoms with Crippen molar-refractivity contribution < 1.29 is 9.21 Å². The van der Waals surface area contributed by atoms with Crippen LogP contribution in [0.5, 0.6) is 0 Å². The van der Waals surface area contributed by atoms with Crippen LogP contribution in [-0.4, -0.2) is 22.4 Å². The highest BCUT2D eigenvalue weighted by atomic mass is 35.5. The molecule has 3 aromatic rings. The minimum Gasteiger partial charge on any atom is -0.424 e. The maximum Gasteiger partial charge on any atom is 0.227 e. The standard InChI is InChI=1S/C23H24ClN3O2S/c1-30-19-5-2-4-16(14-19)15-25-20(28)10-11-21-26-27-22(29-21)23(12-3-13-23)17-6-8-18(24)9-7-17/h2,4-9,14H,3,10-13,15H2,1H3,(H,25,28). The van der Waals surface area contributed by atoms with Gasteiger partial charge in [-0.1, -0.05) is 42.3 Å². The van der Waals surface area contributed by atoms with E-state index in [-0.39, 0.29) is 11.3 Å². The van der Waals surface area contributed by atoms with Crippen molar-refractivity contribution in [2.45, 2.75) is 49.0 Å². The van der Waals surface area contributed by atoms with E-state index in [9.17, 15) is 4.79 Å². The van der Waals surface area contributed by atoms with E-state index >= 15 is 0 Å². The average Bonchev–Trinajstić information content (AvgIpc) is 3.20. The van der Waals surface area contributed by atoms with Crippen molar-refractivity contribution in [1.29, 1.82) is 0 Å². The van der Waals surface area contributed by atoms with Gasteiger partial charge in [0.2, 0.25) is 17.7 Å². The third-order valence-corrected chi connectivity index (χ3v) is 6.65. The van der Waals surface area contributed by atoms with Gasteiger partial charge in [0, 0.05) is 29.3 Å². The zero-order valence-electron chi connectivity index (χ0n) is 16.9. The molecule has 1 saturated carbocycles. The van der Waals surface area contributed by atoms with Gasteiger partial charge in [-0.25, -0.2) is 0 Å². The maximum absolute atomic E-state index is 12.2. The smallest absolute Gasteiger partial charge is 0.227 e. The second-order valence-electron chi connectivity index (χ2n) is 7.57. The van der Waals surface area contributed by atoms with Gasteiger partial charge in [0.05, 0.1) is 5.41 Å². The number of hydrogen-bond acceptors (Lipinski definition) is 5. The Hall–Kier alpha value is -2.31. The molecule has 2 aromatic carbocycles. The lowest BCUT2D eigenvalue weighted by Gasteiger charge is -2.39. The maximum atomic E-state index is 12.2. The predicted octanol–water partition coefficient (Wildman–Crippen LogP) is 5.16. The SMILES string of the molecule is CSc1cccc(CNC(=O)CCc2nnc(C3(c4ccc(Cl)cc4)CCC3)o2)c1. The lowest BCUT2D eigenvalue weighted by molar-refractivity contribution is -0.121. The van der Waals surface area contributed by atoms with E-state index < -0.39 is 0 Å². The van der Waals surface area contributed by atoms with Crippen molar-refractivity contribution in [2.24, 2.45) is 0 Å². The Kier molecular flexibility index (Phi) is 6.44. The Morgan fingerprint density at radius 1 is 1.20 bits per heavy atom. The second-order valence-corrected chi connectivity index (χ2v) is 8.89. The lowest BCUT2D eigenvalue weighted by atomic mass is 9.64. The van der Waals surface area contributed by atoms with Crippen LogP contribution < -0.4 is 5.32 Å². The molecule has 4 rings (SSSR count). The summed E-state index contributed by atoms with van der Waals surface area (Å²) in [6.45, 7) is 0.516. The van der Waals surface area contributed by atoms with Gasteiger partial charge >= 0.3 is 0 Å². The van der Waals surface area contributed by atoms with Gasteiger partial charge in [0.1, 0.15) is 0 Å². The third kappa shape index (κ3) is 4.55. The molecule has 1 N–H and O–H groups in total. The lowest BCUT2D eigenvalue weighted by Crippen LogP contribution is -2.35. The monoisotopic (exact) mass is 441 g/mol. The van der Waals surface area contributed by atoms with Crippen molar-refractivity contribution >= 4 is 29.3 Å². The van der Waals surface area contributed by atoms with Crippen molar-refractivity contribution in [3.05, 3.63) is 76.5 Å². The van der Waals surface area contributed by atoms with Crippen LogP contribution in [0.25, 0.3) is 0 Å². The first-order valence-corrected chi connectivity index (χ1v) is 11.7. The summed E-state index contributed by atoms with van der Waals surface area (Å²) in [4.78, 5) is 13.4. The molecule has 0 aliphatic heterocycles. The van der Waals surface area contributed by atoms with Crippen LogP contribution in [0.15, 0.2) is 57.8 Å².